The molecule has 8 nitrogen and oxygen atoms in total. The lowest BCUT2D eigenvalue weighted by molar-refractivity contribution is 0.485. The van der Waals surface area contributed by atoms with Crippen LogP contribution in [0.5, 0.6) is 0 Å². The molecule has 102 valence electrons. The van der Waals surface area contributed by atoms with E-state index in [1.54, 1.807) is 0 Å². The number of hydrogen-bond acceptors (Lipinski definition) is 6. The fraction of sp³-hybridized carbons (Fsp3) is 0.400. The summed E-state index contributed by atoms with van der Waals surface area (Å²) < 4.78 is 24.4. The molecule has 2 aromatic heterocycles. The summed E-state index contributed by atoms with van der Waals surface area (Å²) in [5, 5.41) is 12.4. The first-order chi connectivity index (χ1) is 8.89. The molecule has 0 aliphatic carbocycles. The molecule has 9 heteroatoms. The van der Waals surface area contributed by atoms with E-state index in [0.29, 0.717) is 18.1 Å². The van der Waals surface area contributed by atoms with Gasteiger partial charge < -0.3 is 0 Å². The third kappa shape index (κ3) is 2.93. The van der Waals surface area contributed by atoms with Gasteiger partial charge >= 0.3 is 0 Å². The van der Waals surface area contributed by atoms with Gasteiger partial charge in [-0.15, -0.1) is 10.2 Å². The third-order valence-electron chi connectivity index (χ3n) is 2.31. The number of aromatic nitrogens is 5. The summed E-state index contributed by atoms with van der Waals surface area (Å²) in [6.45, 7) is 4.32. The molecule has 0 aliphatic heterocycles. The second kappa shape index (κ2) is 5.02. The van der Waals surface area contributed by atoms with Crippen molar-refractivity contribution < 1.29 is 8.42 Å². The third-order valence-corrected chi connectivity index (χ3v) is 3.12. The number of primary sulfonamides is 1. The van der Waals surface area contributed by atoms with Crippen molar-refractivity contribution in [2.75, 3.05) is 0 Å². The number of nitrogens with zero attached hydrogens (tertiary/aromatic N) is 5. The maximum atomic E-state index is 11.5. The molecule has 2 heterocycles. The van der Waals surface area contributed by atoms with Crippen LogP contribution in [-0.4, -0.2) is 33.2 Å². The Morgan fingerprint density at radius 1 is 1.32 bits per heavy atom. The molecular formula is C10H14N6O2S. The molecule has 0 saturated carbocycles. The van der Waals surface area contributed by atoms with E-state index in [0.717, 1.165) is 0 Å². The van der Waals surface area contributed by atoms with Crippen molar-refractivity contribution in [3.8, 4) is 11.5 Å². The van der Waals surface area contributed by atoms with Crippen molar-refractivity contribution in [1.29, 1.82) is 0 Å². The van der Waals surface area contributed by atoms with Gasteiger partial charge in [-0.1, -0.05) is 13.8 Å². The van der Waals surface area contributed by atoms with Crippen LogP contribution in [0.15, 0.2) is 23.7 Å². The van der Waals surface area contributed by atoms with Gasteiger partial charge in [-0.2, -0.15) is 0 Å². The molecule has 2 N–H and O–H groups in total. The van der Waals surface area contributed by atoms with E-state index >= 15 is 0 Å². The van der Waals surface area contributed by atoms with E-state index in [4.69, 9.17) is 5.14 Å². The highest BCUT2D eigenvalue weighted by Crippen LogP contribution is 2.18. The van der Waals surface area contributed by atoms with E-state index in [9.17, 15) is 8.42 Å². The summed E-state index contributed by atoms with van der Waals surface area (Å²) >= 11 is 0. The fourth-order valence-corrected chi connectivity index (χ4v) is 2.26. The van der Waals surface area contributed by atoms with Gasteiger partial charge in [-0.05, 0) is 5.92 Å². The molecule has 2 aromatic rings. The van der Waals surface area contributed by atoms with Crippen LogP contribution in [0.3, 0.4) is 0 Å². The van der Waals surface area contributed by atoms with E-state index in [1.807, 2.05) is 13.8 Å². The monoisotopic (exact) mass is 282 g/mol. The van der Waals surface area contributed by atoms with E-state index in [1.165, 1.54) is 23.2 Å². The lowest BCUT2D eigenvalue weighted by Gasteiger charge is -2.10. The molecule has 0 radical (unpaired) electrons. The van der Waals surface area contributed by atoms with Gasteiger partial charge in [0.15, 0.2) is 5.82 Å². The Morgan fingerprint density at radius 3 is 2.58 bits per heavy atom. The molecule has 0 fully saturated rings. The van der Waals surface area contributed by atoms with Crippen LogP contribution in [0.2, 0.25) is 0 Å². The molecule has 0 bridgehead atoms. The van der Waals surface area contributed by atoms with Gasteiger partial charge in [0, 0.05) is 18.9 Å². The topological polar surface area (TPSA) is 117 Å². The van der Waals surface area contributed by atoms with Crippen LogP contribution < -0.4 is 5.14 Å². The molecule has 19 heavy (non-hydrogen) atoms. The Bertz CT molecular complexity index is 665. The quantitative estimate of drug-likeness (QED) is 0.846. The van der Waals surface area contributed by atoms with Crippen LogP contribution >= 0.6 is 0 Å². The maximum Gasteiger partial charge on any atom is 0.273 e. The van der Waals surface area contributed by atoms with Gasteiger partial charge in [0.1, 0.15) is 5.69 Å². The molecule has 2 rings (SSSR count). The number of sulfonamides is 1. The zero-order valence-electron chi connectivity index (χ0n) is 10.6. The Hall–Kier alpha value is -1.87. The van der Waals surface area contributed by atoms with Crippen molar-refractivity contribution in [1.82, 2.24) is 24.7 Å². The van der Waals surface area contributed by atoms with Gasteiger partial charge in [-0.3, -0.25) is 9.55 Å². The Labute approximate surface area is 110 Å². The lowest BCUT2D eigenvalue weighted by Crippen LogP contribution is -2.20. The minimum absolute atomic E-state index is 0.201. The smallest absolute Gasteiger partial charge is 0.273 e. The minimum Gasteiger partial charge on any atom is -0.295 e. The fourth-order valence-electron chi connectivity index (χ4n) is 1.63. The molecule has 0 amide bonds. The highest BCUT2D eigenvalue weighted by molar-refractivity contribution is 7.89. The van der Waals surface area contributed by atoms with E-state index in [2.05, 4.69) is 20.2 Å². The molecule has 0 atom stereocenters. The summed E-state index contributed by atoms with van der Waals surface area (Å²) in [6.07, 6.45) is 4.52. The highest BCUT2D eigenvalue weighted by atomic mass is 32.2. The predicted molar refractivity (Wildman–Crippen MR) is 67.3 cm³/mol. The van der Waals surface area contributed by atoms with Gasteiger partial charge in [0.05, 0.1) is 6.20 Å². The van der Waals surface area contributed by atoms with Gasteiger partial charge in [-0.25, -0.2) is 18.5 Å². The van der Waals surface area contributed by atoms with Crippen LogP contribution in [0, 0.1) is 5.92 Å². The van der Waals surface area contributed by atoms with Crippen LogP contribution in [0.25, 0.3) is 11.5 Å². The first kappa shape index (κ1) is 13.6. The summed E-state index contributed by atoms with van der Waals surface area (Å²) in [6, 6.07) is 0. The average molecular weight is 282 g/mol. The molecule has 0 aliphatic rings. The van der Waals surface area contributed by atoms with Crippen molar-refractivity contribution in [2.45, 2.75) is 25.5 Å². The highest BCUT2D eigenvalue weighted by Gasteiger charge is 2.23. The zero-order chi connectivity index (χ0) is 14.0. The van der Waals surface area contributed by atoms with Crippen molar-refractivity contribution in [3.05, 3.63) is 18.6 Å². The van der Waals surface area contributed by atoms with Crippen LogP contribution in [-0.2, 0) is 16.6 Å². The Balaban J connectivity index is 2.60. The predicted octanol–water partition coefficient (Wildman–Crippen LogP) is 0.0385. The maximum absolute atomic E-state index is 11.5. The second-order valence-corrected chi connectivity index (χ2v) is 5.90. The SMILES string of the molecule is CC(C)Cn1c(-c2cnccn2)nnc1S(N)(=O)=O. The standard InChI is InChI=1S/C10H14N6O2S/c1-7(2)6-16-9(8-5-12-3-4-13-8)14-15-10(16)19(11,17)18/h3-5,7H,6H2,1-2H3,(H2,11,17,18). The lowest BCUT2D eigenvalue weighted by atomic mass is 10.2. The van der Waals surface area contributed by atoms with Gasteiger partial charge in [0.25, 0.3) is 15.2 Å². The zero-order valence-corrected chi connectivity index (χ0v) is 11.4. The van der Waals surface area contributed by atoms with Crippen molar-refractivity contribution in [2.24, 2.45) is 11.1 Å². The first-order valence-electron chi connectivity index (χ1n) is 5.62. The average Bonchev–Trinajstić information content (AvgIpc) is 2.72. The summed E-state index contributed by atoms with van der Waals surface area (Å²) in [5.74, 6) is 0.540. The van der Waals surface area contributed by atoms with Crippen LogP contribution in [0.4, 0.5) is 0 Å². The Kier molecular flexibility index (Phi) is 3.58. The molecular weight excluding hydrogens is 268 g/mol. The van der Waals surface area contributed by atoms with E-state index in [-0.39, 0.29) is 11.1 Å². The largest absolute Gasteiger partial charge is 0.295 e. The van der Waals surface area contributed by atoms with E-state index < -0.39 is 10.0 Å². The molecule has 0 saturated heterocycles. The van der Waals surface area contributed by atoms with Gasteiger partial charge in [0.2, 0.25) is 0 Å². The Morgan fingerprint density at radius 2 is 2.05 bits per heavy atom. The van der Waals surface area contributed by atoms with Crippen molar-refractivity contribution >= 4 is 10.0 Å². The first-order valence-corrected chi connectivity index (χ1v) is 7.16. The van der Waals surface area contributed by atoms with Crippen LogP contribution in [0.1, 0.15) is 13.8 Å². The molecule has 0 unspecified atom stereocenters. The number of rotatable bonds is 4. The molecule has 0 aromatic carbocycles. The minimum atomic E-state index is -3.93. The molecule has 0 spiro atoms. The number of hydrogen-bond donors (Lipinski definition) is 1. The summed E-state index contributed by atoms with van der Waals surface area (Å²) in [5.41, 5.74) is 0.450. The van der Waals surface area contributed by atoms with Crippen molar-refractivity contribution in [3.63, 3.8) is 0 Å². The summed E-state index contributed by atoms with van der Waals surface area (Å²) in [7, 11) is -3.93. The summed E-state index contributed by atoms with van der Waals surface area (Å²) in [4.78, 5) is 8.02. The normalized spacial score (nSPS) is 12.0. The second-order valence-electron chi connectivity index (χ2n) is 4.45. The number of nitrogens with two attached hydrogens (primary N) is 1.